The second-order valence-electron chi connectivity index (χ2n) is 2.23. The number of halogens is 4. The summed E-state index contributed by atoms with van der Waals surface area (Å²) in [5.74, 6) is -4.99. The molecule has 66 valence electrons. The summed E-state index contributed by atoms with van der Waals surface area (Å²) in [4.78, 5) is 0. The minimum atomic E-state index is -1.59. The predicted molar refractivity (Wildman–Crippen MR) is 40.4 cm³/mol. The van der Waals surface area contributed by atoms with Crippen molar-refractivity contribution in [1.29, 1.82) is 0 Å². The predicted octanol–water partition coefficient (Wildman–Crippen LogP) is 2.88. The Labute approximate surface area is 75.0 Å². The normalized spacial score (nSPS) is 10.4. The molecule has 0 fully saturated rings. The molecule has 1 N–H and O–H groups in total. The lowest BCUT2D eigenvalue weighted by atomic mass is 10.2. The van der Waals surface area contributed by atoms with Gasteiger partial charge in [-0.1, -0.05) is 0 Å². The average molecular weight is 241 g/mol. The zero-order valence-corrected chi connectivity index (χ0v) is 7.55. The fraction of sp³-hybridized carbons (Fsp3) is 0.143. The first-order valence-electron chi connectivity index (χ1n) is 2.98. The minimum absolute atomic E-state index is 0.319. The molecule has 0 aliphatic carbocycles. The van der Waals surface area contributed by atoms with Crippen LogP contribution in [0.4, 0.5) is 13.2 Å². The van der Waals surface area contributed by atoms with E-state index in [9.17, 15) is 13.2 Å². The molecule has 0 amide bonds. The van der Waals surface area contributed by atoms with Crippen molar-refractivity contribution in [1.82, 2.24) is 0 Å². The van der Waals surface area contributed by atoms with Gasteiger partial charge in [-0.2, -0.15) is 0 Å². The Balaban J connectivity index is 3.60. The maximum atomic E-state index is 12.6. The fourth-order valence-electron chi connectivity index (χ4n) is 0.730. The minimum Gasteiger partial charge on any atom is -0.506 e. The molecule has 0 aromatic heterocycles. The van der Waals surface area contributed by atoms with E-state index in [4.69, 9.17) is 5.11 Å². The van der Waals surface area contributed by atoms with Gasteiger partial charge in [0.2, 0.25) is 0 Å². The van der Waals surface area contributed by atoms with E-state index in [1.165, 1.54) is 0 Å². The van der Waals surface area contributed by atoms with Crippen molar-refractivity contribution in [3.8, 4) is 5.75 Å². The zero-order chi connectivity index (χ0) is 9.46. The van der Waals surface area contributed by atoms with Crippen LogP contribution in [0.15, 0.2) is 4.47 Å². The van der Waals surface area contributed by atoms with E-state index in [0.717, 1.165) is 6.92 Å². The highest BCUT2D eigenvalue weighted by molar-refractivity contribution is 9.10. The van der Waals surface area contributed by atoms with Crippen molar-refractivity contribution in [2.75, 3.05) is 0 Å². The maximum Gasteiger partial charge on any atom is 0.196 e. The van der Waals surface area contributed by atoms with E-state index in [0.29, 0.717) is 0 Å². The van der Waals surface area contributed by atoms with Gasteiger partial charge in [-0.25, -0.2) is 13.2 Å². The van der Waals surface area contributed by atoms with Gasteiger partial charge < -0.3 is 5.11 Å². The van der Waals surface area contributed by atoms with Crippen LogP contribution in [0, 0.1) is 24.4 Å². The van der Waals surface area contributed by atoms with Gasteiger partial charge in [-0.15, -0.1) is 0 Å². The standard InChI is InChI=1S/C7H4BrF3O/c1-2-4(9)6(11)5(10)3(8)7(2)12/h12H,1H3. The van der Waals surface area contributed by atoms with E-state index in [-0.39, 0.29) is 5.56 Å². The first kappa shape index (κ1) is 9.38. The highest BCUT2D eigenvalue weighted by Crippen LogP contribution is 2.33. The van der Waals surface area contributed by atoms with Crippen LogP contribution in [0.1, 0.15) is 5.56 Å². The van der Waals surface area contributed by atoms with Gasteiger partial charge in [0, 0.05) is 5.56 Å². The molecule has 0 saturated carbocycles. The molecule has 0 heterocycles. The highest BCUT2D eigenvalue weighted by Gasteiger charge is 2.20. The summed E-state index contributed by atoms with van der Waals surface area (Å²) >= 11 is 2.58. The van der Waals surface area contributed by atoms with Crippen LogP contribution in [-0.4, -0.2) is 5.11 Å². The second-order valence-corrected chi connectivity index (χ2v) is 3.02. The summed E-state index contributed by atoms with van der Waals surface area (Å²) in [6.45, 7) is 1.15. The average Bonchev–Trinajstić information content (AvgIpc) is 2.08. The van der Waals surface area contributed by atoms with Gasteiger partial charge in [0.25, 0.3) is 0 Å². The van der Waals surface area contributed by atoms with Crippen molar-refractivity contribution in [2.45, 2.75) is 6.92 Å². The van der Waals surface area contributed by atoms with Gasteiger partial charge >= 0.3 is 0 Å². The van der Waals surface area contributed by atoms with E-state index in [2.05, 4.69) is 15.9 Å². The summed E-state index contributed by atoms with van der Waals surface area (Å²) in [5, 5.41) is 9.00. The van der Waals surface area contributed by atoms with Gasteiger partial charge in [-0.05, 0) is 22.9 Å². The lowest BCUT2D eigenvalue weighted by Gasteiger charge is -2.05. The Bertz CT molecular complexity index is 233. The number of aromatic hydroxyl groups is 1. The van der Waals surface area contributed by atoms with E-state index < -0.39 is 27.7 Å². The third kappa shape index (κ3) is 1.18. The molecule has 1 rings (SSSR count). The third-order valence-electron chi connectivity index (χ3n) is 1.47. The quantitative estimate of drug-likeness (QED) is 0.546. The summed E-state index contributed by atoms with van der Waals surface area (Å²) in [6, 6.07) is 0. The number of hydrogen-bond acceptors (Lipinski definition) is 1. The molecule has 1 nitrogen and oxygen atoms in total. The lowest BCUT2D eigenvalue weighted by Crippen LogP contribution is -1.96. The smallest absolute Gasteiger partial charge is 0.196 e. The lowest BCUT2D eigenvalue weighted by molar-refractivity contribution is 0.407. The largest absolute Gasteiger partial charge is 0.506 e. The van der Waals surface area contributed by atoms with Crippen LogP contribution >= 0.6 is 15.9 Å². The van der Waals surface area contributed by atoms with Crippen LogP contribution in [0.5, 0.6) is 5.75 Å². The Morgan fingerprint density at radius 3 is 2.08 bits per heavy atom. The third-order valence-corrected chi connectivity index (χ3v) is 2.19. The van der Waals surface area contributed by atoms with Gasteiger partial charge in [-0.3, -0.25) is 0 Å². The Morgan fingerprint density at radius 2 is 1.58 bits per heavy atom. The fourth-order valence-corrected chi connectivity index (χ4v) is 1.20. The molecule has 12 heavy (non-hydrogen) atoms. The maximum absolute atomic E-state index is 12.6. The van der Waals surface area contributed by atoms with Crippen molar-refractivity contribution in [3.05, 3.63) is 27.5 Å². The summed E-state index contributed by atoms with van der Waals surface area (Å²) in [6.07, 6.45) is 0. The molecule has 1 aromatic rings. The molecular formula is C7H4BrF3O. The van der Waals surface area contributed by atoms with Crippen molar-refractivity contribution >= 4 is 15.9 Å². The second kappa shape index (κ2) is 2.97. The highest BCUT2D eigenvalue weighted by atomic mass is 79.9. The molecule has 0 radical (unpaired) electrons. The Morgan fingerprint density at radius 1 is 1.08 bits per heavy atom. The Hall–Kier alpha value is -0.710. The summed E-state index contributed by atoms with van der Waals surface area (Å²) in [5.41, 5.74) is -0.319. The molecule has 1 aromatic carbocycles. The SMILES string of the molecule is Cc1c(O)c(Br)c(F)c(F)c1F. The van der Waals surface area contributed by atoms with Crippen molar-refractivity contribution in [2.24, 2.45) is 0 Å². The van der Waals surface area contributed by atoms with Gasteiger partial charge in [0.1, 0.15) is 5.75 Å². The van der Waals surface area contributed by atoms with Crippen LogP contribution in [0.3, 0.4) is 0 Å². The molecule has 0 aliphatic rings. The molecule has 0 spiro atoms. The Kier molecular flexibility index (Phi) is 2.32. The van der Waals surface area contributed by atoms with Gasteiger partial charge in [0.15, 0.2) is 17.5 Å². The van der Waals surface area contributed by atoms with Crippen LogP contribution in [0.25, 0.3) is 0 Å². The summed E-state index contributed by atoms with van der Waals surface area (Å²) in [7, 11) is 0. The molecule has 0 bridgehead atoms. The van der Waals surface area contributed by atoms with Crippen LogP contribution in [-0.2, 0) is 0 Å². The number of benzene rings is 1. The molecular weight excluding hydrogens is 237 g/mol. The van der Waals surface area contributed by atoms with E-state index in [1.807, 2.05) is 0 Å². The topological polar surface area (TPSA) is 20.2 Å². The number of hydrogen-bond donors (Lipinski definition) is 1. The van der Waals surface area contributed by atoms with E-state index >= 15 is 0 Å². The molecule has 0 unspecified atom stereocenters. The number of phenolic OH excluding ortho intramolecular Hbond substituents is 1. The zero-order valence-electron chi connectivity index (χ0n) is 5.96. The molecule has 0 aliphatic heterocycles. The number of phenols is 1. The monoisotopic (exact) mass is 240 g/mol. The molecule has 0 atom stereocenters. The first-order valence-corrected chi connectivity index (χ1v) is 3.77. The molecule has 5 heteroatoms. The summed E-state index contributed by atoms with van der Waals surface area (Å²) < 4.78 is 37.3. The van der Waals surface area contributed by atoms with Crippen molar-refractivity contribution < 1.29 is 18.3 Å². The van der Waals surface area contributed by atoms with E-state index in [1.54, 1.807) is 0 Å². The van der Waals surface area contributed by atoms with Gasteiger partial charge in [0.05, 0.1) is 4.47 Å². The van der Waals surface area contributed by atoms with Crippen molar-refractivity contribution in [3.63, 3.8) is 0 Å². The molecule has 0 saturated heterocycles. The van der Waals surface area contributed by atoms with Crippen LogP contribution in [0.2, 0.25) is 0 Å². The first-order chi connectivity index (χ1) is 5.46. The number of rotatable bonds is 0. The van der Waals surface area contributed by atoms with Crippen LogP contribution < -0.4 is 0 Å².